The van der Waals surface area contributed by atoms with Gasteiger partial charge in [0.05, 0.1) is 24.3 Å². The van der Waals surface area contributed by atoms with E-state index in [1.807, 2.05) is 6.07 Å². The summed E-state index contributed by atoms with van der Waals surface area (Å²) in [7, 11) is 1.36. The lowest BCUT2D eigenvalue weighted by molar-refractivity contribution is 0.0601. The molecule has 0 saturated heterocycles. The number of rotatable bonds is 3. The number of esters is 1. The molecule has 116 valence electrons. The second-order valence-electron chi connectivity index (χ2n) is 5.61. The number of nitrogens with zero attached hydrogens (tertiary/aromatic N) is 2. The maximum absolute atomic E-state index is 11.6. The Morgan fingerprint density at radius 2 is 2.09 bits per heavy atom. The molecule has 2 N–H and O–H groups in total. The van der Waals surface area contributed by atoms with E-state index in [0.717, 1.165) is 31.1 Å². The van der Waals surface area contributed by atoms with Crippen LogP contribution in [0, 0.1) is 0 Å². The SMILES string of the molecule is COC(=O)c1ccc2cnc(NC3CCC(O)CC3)nc2c1. The normalized spacial score (nSPS) is 21.5. The molecular formula is C16H19N3O3. The maximum atomic E-state index is 11.6. The van der Waals surface area contributed by atoms with Crippen molar-refractivity contribution in [1.82, 2.24) is 9.97 Å². The van der Waals surface area contributed by atoms with E-state index in [1.165, 1.54) is 7.11 Å². The van der Waals surface area contributed by atoms with Gasteiger partial charge < -0.3 is 15.2 Å². The number of methoxy groups -OCH3 is 1. The molecule has 1 aromatic carbocycles. The standard InChI is InChI=1S/C16H19N3O3/c1-22-15(21)10-2-3-11-9-17-16(19-14(11)8-10)18-12-4-6-13(20)7-5-12/h2-3,8-9,12-13,20H,4-7H2,1H3,(H,17,18,19). The van der Waals surface area contributed by atoms with E-state index in [0.29, 0.717) is 17.0 Å². The maximum Gasteiger partial charge on any atom is 0.337 e. The summed E-state index contributed by atoms with van der Waals surface area (Å²) >= 11 is 0. The lowest BCUT2D eigenvalue weighted by Gasteiger charge is -2.26. The molecule has 0 amide bonds. The Labute approximate surface area is 128 Å². The van der Waals surface area contributed by atoms with Crippen LogP contribution < -0.4 is 5.32 Å². The molecule has 3 rings (SSSR count). The highest BCUT2D eigenvalue weighted by atomic mass is 16.5. The zero-order chi connectivity index (χ0) is 15.5. The fraction of sp³-hybridized carbons (Fsp3) is 0.438. The molecule has 6 heteroatoms. The number of nitrogens with one attached hydrogen (secondary N) is 1. The number of fused-ring (bicyclic) bond motifs is 1. The minimum absolute atomic E-state index is 0.182. The van der Waals surface area contributed by atoms with Crippen LogP contribution in [-0.2, 0) is 4.74 Å². The molecule has 0 spiro atoms. The molecule has 6 nitrogen and oxygen atoms in total. The van der Waals surface area contributed by atoms with Crippen molar-refractivity contribution in [2.24, 2.45) is 0 Å². The summed E-state index contributed by atoms with van der Waals surface area (Å²) in [6.07, 6.45) is 4.98. The van der Waals surface area contributed by atoms with Crippen molar-refractivity contribution in [2.75, 3.05) is 12.4 Å². The van der Waals surface area contributed by atoms with Crippen molar-refractivity contribution in [3.8, 4) is 0 Å². The van der Waals surface area contributed by atoms with Crippen LogP contribution >= 0.6 is 0 Å². The summed E-state index contributed by atoms with van der Waals surface area (Å²) in [5.74, 6) is 0.173. The molecule has 0 aliphatic heterocycles. The van der Waals surface area contributed by atoms with E-state index < -0.39 is 0 Å². The summed E-state index contributed by atoms with van der Waals surface area (Å²) in [6.45, 7) is 0. The molecule has 1 aromatic heterocycles. The van der Waals surface area contributed by atoms with Crippen molar-refractivity contribution in [2.45, 2.75) is 37.8 Å². The average molecular weight is 301 g/mol. The minimum Gasteiger partial charge on any atom is -0.465 e. The first-order valence-electron chi connectivity index (χ1n) is 7.45. The topological polar surface area (TPSA) is 84.3 Å². The van der Waals surface area contributed by atoms with Gasteiger partial charge in [0.15, 0.2) is 0 Å². The lowest BCUT2D eigenvalue weighted by Crippen LogP contribution is -2.28. The number of anilines is 1. The highest BCUT2D eigenvalue weighted by molar-refractivity contribution is 5.94. The van der Waals surface area contributed by atoms with Crippen molar-refractivity contribution < 1.29 is 14.6 Å². The Bertz CT molecular complexity index is 681. The zero-order valence-corrected chi connectivity index (χ0v) is 12.5. The first-order chi connectivity index (χ1) is 10.7. The molecule has 0 atom stereocenters. The van der Waals surface area contributed by atoms with E-state index in [4.69, 9.17) is 4.74 Å². The average Bonchev–Trinajstić information content (AvgIpc) is 2.55. The van der Waals surface area contributed by atoms with Crippen molar-refractivity contribution in [3.63, 3.8) is 0 Å². The Kier molecular flexibility index (Phi) is 4.20. The second-order valence-corrected chi connectivity index (χ2v) is 5.61. The zero-order valence-electron chi connectivity index (χ0n) is 12.5. The van der Waals surface area contributed by atoms with Crippen LogP contribution in [0.25, 0.3) is 10.9 Å². The minimum atomic E-state index is -0.378. The summed E-state index contributed by atoms with van der Waals surface area (Å²) in [5.41, 5.74) is 1.18. The van der Waals surface area contributed by atoms with Crippen LogP contribution in [0.15, 0.2) is 24.4 Å². The van der Waals surface area contributed by atoms with Crippen LogP contribution in [0.4, 0.5) is 5.95 Å². The van der Waals surface area contributed by atoms with E-state index in [-0.39, 0.29) is 18.1 Å². The van der Waals surface area contributed by atoms with Crippen molar-refractivity contribution in [1.29, 1.82) is 0 Å². The Balaban J connectivity index is 1.80. The van der Waals surface area contributed by atoms with Gasteiger partial charge in [0, 0.05) is 17.6 Å². The van der Waals surface area contributed by atoms with Gasteiger partial charge in [-0.2, -0.15) is 0 Å². The number of hydrogen-bond acceptors (Lipinski definition) is 6. The summed E-state index contributed by atoms with van der Waals surface area (Å²) < 4.78 is 4.73. The monoisotopic (exact) mass is 301 g/mol. The second kappa shape index (κ2) is 6.27. The molecule has 1 fully saturated rings. The first kappa shape index (κ1) is 14.7. The Hall–Kier alpha value is -2.21. The molecule has 0 radical (unpaired) electrons. The van der Waals surface area contributed by atoms with Gasteiger partial charge in [-0.05, 0) is 37.8 Å². The van der Waals surface area contributed by atoms with Gasteiger partial charge in [-0.25, -0.2) is 14.8 Å². The van der Waals surface area contributed by atoms with Crippen LogP contribution in [-0.4, -0.2) is 40.3 Å². The fourth-order valence-electron chi connectivity index (χ4n) is 2.74. The number of benzene rings is 1. The number of aliphatic hydroxyl groups is 1. The third kappa shape index (κ3) is 3.17. The molecular weight excluding hydrogens is 282 g/mol. The van der Waals surface area contributed by atoms with Crippen LogP contribution in [0.3, 0.4) is 0 Å². The van der Waals surface area contributed by atoms with Gasteiger partial charge in [0.2, 0.25) is 5.95 Å². The van der Waals surface area contributed by atoms with Crippen molar-refractivity contribution >= 4 is 22.8 Å². The lowest BCUT2D eigenvalue weighted by atomic mass is 9.93. The van der Waals surface area contributed by atoms with Gasteiger partial charge in [0.1, 0.15) is 0 Å². The Morgan fingerprint density at radius 1 is 1.32 bits per heavy atom. The summed E-state index contributed by atoms with van der Waals surface area (Å²) in [5, 5.41) is 13.7. The third-order valence-electron chi connectivity index (χ3n) is 4.03. The highest BCUT2D eigenvalue weighted by Gasteiger charge is 2.19. The van der Waals surface area contributed by atoms with E-state index in [1.54, 1.807) is 18.3 Å². The van der Waals surface area contributed by atoms with Crippen LogP contribution in [0.1, 0.15) is 36.0 Å². The van der Waals surface area contributed by atoms with Crippen LogP contribution in [0.5, 0.6) is 0 Å². The number of carbonyl (C=O) groups is 1. The summed E-state index contributed by atoms with van der Waals surface area (Å²) in [4.78, 5) is 20.4. The molecule has 1 aliphatic rings. The van der Waals surface area contributed by atoms with Gasteiger partial charge >= 0.3 is 5.97 Å². The third-order valence-corrected chi connectivity index (χ3v) is 4.03. The number of hydrogen-bond donors (Lipinski definition) is 2. The smallest absolute Gasteiger partial charge is 0.337 e. The molecule has 1 saturated carbocycles. The molecule has 22 heavy (non-hydrogen) atoms. The predicted molar refractivity (Wildman–Crippen MR) is 82.8 cm³/mol. The predicted octanol–water partition coefficient (Wildman–Crippen LogP) is 2.13. The van der Waals surface area contributed by atoms with E-state index in [2.05, 4.69) is 15.3 Å². The largest absolute Gasteiger partial charge is 0.465 e. The number of aromatic nitrogens is 2. The van der Waals surface area contributed by atoms with E-state index in [9.17, 15) is 9.90 Å². The molecule has 1 aliphatic carbocycles. The number of ether oxygens (including phenoxy) is 1. The molecule has 2 aromatic rings. The highest BCUT2D eigenvalue weighted by Crippen LogP contribution is 2.22. The Morgan fingerprint density at radius 3 is 2.82 bits per heavy atom. The van der Waals surface area contributed by atoms with Gasteiger partial charge in [-0.1, -0.05) is 6.07 Å². The molecule has 1 heterocycles. The fourth-order valence-corrected chi connectivity index (χ4v) is 2.74. The van der Waals surface area contributed by atoms with Gasteiger partial charge in [0.25, 0.3) is 0 Å². The first-order valence-corrected chi connectivity index (χ1v) is 7.45. The molecule has 0 bridgehead atoms. The quantitative estimate of drug-likeness (QED) is 0.845. The molecule has 0 unspecified atom stereocenters. The van der Waals surface area contributed by atoms with E-state index >= 15 is 0 Å². The number of carbonyl (C=O) groups excluding carboxylic acids is 1. The van der Waals surface area contributed by atoms with Crippen molar-refractivity contribution in [3.05, 3.63) is 30.0 Å². The van der Waals surface area contributed by atoms with Gasteiger partial charge in [-0.15, -0.1) is 0 Å². The van der Waals surface area contributed by atoms with Gasteiger partial charge in [-0.3, -0.25) is 0 Å². The summed E-state index contributed by atoms with van der Waals surface area (Å²) in [6, 6.07) is 5.50. The number of aliphatic hydroxyl groups excluding tert-OH is 1. The van der Waals surface area contributed by atoms with Crippen LogP contribution in [0.2, 0.25) is 0 Å².